The summed E-state index contributed by atoms with van der Waals surface area (Å²) in [5.41, 5.74) is 0.719. The average Bonchev–Trinajstić information content (AvgIpc) is 2.69. The number of aromatic nitrogens is 1. The fraction of sp³-hybridized carbons (Fsp3) is 0.350. The van der Waals surface area contributed by atoms with Gasteiger partial charge in [0.2, 0.25) is 17.7 Å². The number of nitrogens with one attached hydrogen (secondary N) is 2. The summed E-state index contributed by atoms with van der Waals surface area (Å²) in [4.78, 5) is 28.4. The second-order valence-corrected chi connectivity index (χ2v) is 6.28. The first-order valence-electron chi connectivity index (χ1n) is 9.00. The molecule has 0 saturated carbocycles. The summed E-state index contributed by atoms with van der Waals surface area (Å²) in [5, 5.41) is 5.73. The van der Waals surface area contributed by atoms with E-state index >= 15 is 0 Å². The summed E-state index contributed by atoms with van der Waals surface area (Å²) in [7, 11) is 0. The zero-order chi connectivity index (χ0) is 18.9. The second kappa shape index (κ2) is 9.68. The first-order valence-corrected chi connectivity index (χ1v) is 9.00. The second-order valence-electron chi connectivity index (χ2n) is 6.28. The van der Waals surface area contributed by atoms with Crippen LogP contribution in [0.1, 0.15) is 19.3 Å². The van der Waals surface area contributed by atoms with E-state index in [1.165, 1.54) is 0 Å². The molecule has 0 unspecified atom stereocenters. The first kappa shape index (κ1) is 18.8. The maximum absolute atomic E-state index is 12.3. The molecule has 0 radical (unpaired) electrons. The van der Waals surface area contributed by atoms with Crippen molar-refractivity contribution in [3.05, 3.63) is 54.7 Å². The summed E-state index contributed by atoms with van der Waals surface area (Å²) in [5.74, 6) is 0.124. The number of nitrogens with zero attached hydrogens (tertiary/aromatic N) is 1. The number of amides is 2. The molecule has 1 aromatic heterocycles. The molecule has 2 aromatic rings. The number of para-hydroxylation sites is 1. The quantitative estimate of drug-likeness (QED) is 0.781. The monoisotopic (exact) mass is 369 g/mol. The molecule has 27 heavy (non-hydrogen) atoms. The third-order valence-corrected chi connectivity index (χ3v) is 4.20. The van der Waals surface area contributed by atoms with Crippen molar-refractivity contribution in [2.45, 2.75) is 31.4 Å². The molecule has 2 heterocycles. The Labute approximate surface area is 158 Å². The molecule has 3 rings (SSSR count). The lowest BCUT2D eigenvalue weighted by Crippen LogP contribution is -2.51. The minimum absolute atomic E-state index is 0.117. The van der Waals surface area contributed by atoms with E-state index in [2.05, 4.69) is 15.6 Å². The smallest absolute Gasteiger partial charge is 0.224 e. The van der Waals surface area contributed by atoms with Crippen molar-refractivity contribution in [1.82, 2.24) is 10.3 Å². The topological polar surface area (TPSA) is 89.6 Å². The van der Waals surface area contributed by atoms with Gasteiger partial charge in [0.05, 0.1) is 12.6 Å². The molecule has 1 aromatic carbocycles. The van der Waals surface area contributed by atoms with Gasteiger partial charge in [0.15, 0.2) is 0 Å². The molecule has 2 atom stereocenters. The summed E-state index contributed by atoms with van der Waals surface area (Å²) >= 11 is 0. The van der Waals surface area contributed by atoms with E-state index in [4.69, 9.17) is 9.47 Å². The van der Waals surface area contributed by atoms with E-state index in [1.807, 2.05) is 30.3 Å². The van der Waals surface area contributed by atoms with Crippen LogP contribution in [0.2, 0.25) is 0 Å². The Morgan fingerprint density at radius 1 is 1.07 bits per heavy atom. The predicted octanol–water partition coefficient (Wildman–Crippen LogP) is 2.15. The number of hydrogen-bond acceptors (Lipinski definition) is 5. The largest absolute Gasteiger partial charge is 0.470 e. The van der Waals surface area contributed by atoms with Crippen LogP contribution in [0, 0.1) is 0 Å². The number of carbonyl (C=O) groups excluding carboxylic acids is 2. The van der Waals surface area contributed by atoms with Crippen LogP contribution in [-0.2, 0) is 14.3 Å². The highest BCUT2D eigenvalue weighted by Crippen LogP contribution is 2.15. The molecule has 7 heteroatoms. The van der Waals surface area contributed by atoms with Crippen molar-refractivity contribution in [2.24, 2.45) is 0 Å². The molecule has 7 nitrogen and oxygen atoms in total. The molecule has 142 valence electrons. The summed E-state index contributed by atoms with van der Waals surface area (Å²) in [6.45, 7) is 0.942. The fourth-order valence-electron chi connectivity index (χ4n) is 2.82. The maximum Gasteiger partial charge on any atom is 0.224 e. The molecule has 0 bridgehead atoms. The number of hydrogen-bond donors (Lipinski definition) is 2. The van der Waals surface area contributed by atoms with Gasteiger partial charge in [0.25, 0.3) is 0 Å². The van der Waals surface area contributed by atoms with Crippen LogP contribution in [0.25, 0.3) is 0 Å². The lowest BCUT2D eigenvalue weighted by atomic mass is 10.1. The maximum atomic E-state index is 12.3. The number of carbonyl (C=O) groups is 2. The van der Waals surface area contributed by atoms with Crippen molar-refractivity contribution in [3.8, 4) is 5.88 Å². The molecule has 1 aliphatic rings. The minimum Gasteiger partial charge on any atom is -0.470 e. The Morgan fingerprint density at radius 2 is 1.85 bits per heavy atom. The summed E-state index contributed by atoms with van der Waals surface area (Å²) < 4.78 is 11.3. The molecule has 1 fully saturated rings. The Kier molecular flexibility index (Phi) is 6.76. The number of pyridine rings is 1. The standard InChI is InChI=1S/C20H23N3O4/c24-18(22-15-6-2-1-3-7-15)9-10-19(25)23-16-11-13-26-14-17(16)27-20-8-4-5-12-21-20/h1-8,12,16-17H,9-11,13-14H2,(H,22,24)(H,23,25)/t16-,17-/m1/s1. The zero-order valence-electron chi connectivity index (χ0n) is 15.0. The lowest BCUT2D eigenvalue weighted by Gasteiger charge is -2.32. The van der Waals surface area contributed by atoms with E-state index in [0.29, 0.717) is 25.5 Å². The SMILES string of the molecule is O=C(CCC(=O)N[C@@H]1CCOC[C@H]1Oc1ccccn1)Nc1ccccc1. The van der Waals surface area contributed by atoms with Gasteiger partial charge in [-0.25, -0.2) is 4.98 Å². The first-order chi connectivity index (χ1) is 13.2. The van der Waals surface area contributed by atoms with Gasteiger partial charge in [-0.3, -0.25) is 9.59 Å². The number of ether oxygens (including phenoxy) is 2. The summed E-state index contributed by atoms with van der Waals surface area (Å²) in [6.07, 6.45) is 2.23. The third kappa shape index (κ3) is 6.07. The minimum atomic E-state index is -0.309. The van der Waals surface area contributed by atoms with Crippen LogP contribution in [0.3, 0.4) is 0 Å². The summed E-state index contributed by atoms with van der Waals surface area (Å²) in [6, 6.07) is 14.4. The predicted molar refractivity (Wildman–Crippen MR) is 100 cm³/mol. The van der Waals surface area contributed by atoms with Gasteiger partial charge in [-0.1, -0.05) is 24.3 Å². The van der Waals surface area contributed by atoms with Gasteiger partial charge < -0.3 is 20.1 Å². The van der Waals surface area contributed by atoms with Gasteiger partial charge in [-0.2, -0.15) is 0 Å². The zero-order valence-corrected chi connectivity index (χ0v) is 15.0. The van der Waals surface area contributed by atoms with E-state index < -0.39 is 0 Å². The number of benzene rings is 1. The third-order valence-electron chi connectivity index (χ3n) is 4.20. The van der Waals surface area contributed by atoms with Crippen molar-refractivity contribution in [2.75, 3.05) is 18.5 Å². The molecular weight excluding hydrogens is 346 g/mol. The van der Waals surface area contributed by atoms with Crippen LogP contribution < -0.4 is 15.4 Å². The highest BCUT2D eigenvalue weighted by Gasteiger charge is 2.29. The van der Waals surface area contributed by atoms with Crippen LogP contribution in [0.15, 0.2) is 54.7 Å². The Morgan fingerprint density at radius 3 is 2.63 bits per heavy atom. The van der Waals surface area contributed by atoms with Crippen LogP contribution in [0.5, 0.6) is 5.88 Å². The van der Waals surface area contributed by atoms with Gasteiger partial charge >= 0.3 is 0 Å². The van der Waals surface area contributed by atoms with E-state index in [0.717, 1.165) is 5.69 Å². The van der Waals surface area contributed by atoms with Gasteiger partial charge in [0, 0.05) is 37.4 Å². The number of rotatable bonds is 7. The molecule has 0 aliphatic carbocycles. The van der Waals surface area contributed by atoms with E-state index in [9.17, 15) is 9.59 Å². The normalized spacial score (nSPS) is 19.1. The Bertz CT molecular complexity index is 739. The fourth-order valence-corrected chi connectivity index (χ4v) is 2.82. The van der Waals surface area contributed by atoms with Crippen LogP contribution in [0.4, 0.5) is 5.69 Å². The number of anilines is 1. The van der Waals surface area contributed by atoms with Crippen LogP contribution in [-0.4, -0.2) is 42.2 Å². The molecule has 0 spiro atoms. The lowest BCUT2D eigenvalue weighted by molar-refractivity contribution is -0.126. The van der Waals surface area contributed by atoms with Gasteiger partial charge in [0.1, 0.15) is 6.10 Å². The highest BCUT2D eigenvalue weighted by molar-refractivity contribution is 5.93. The van der Waals surface area contributed by atoms with Crippen LogP contribution >= 0.6 is 0 Å². The van der Waals surface area contributed by atoms with Crippen molar-refractivity contribution in [3.63, 3.8) is 0 Å². The Hall–Kier alpha value is -2.93. The molecule has 1 saturated heterocycles. The van der Waals surface area contributed by atoms with Gasteiger partial charge in [-0.05, 0) is 24.6 Å². The molecule has 2 N–H and O–H groups in total. The van der Waals surface area contributed by atoms with Gasteiger partial charge in [-0.15, -0.1) is 0 Å². The van der Waals surface area contributed by atoms with Crippen molar-refractivity contribution >= 4 is 17.5 Å². The average molecular weight is 369 g/mol. The van der Waals surface area contributed by atoms with Crippen molar-refractivity contribution < 1.29 is 19.1 Å². The van der Waals surface area contributed by atoms with E-state index in [-0.39, 0.29) is 36.8 Å². The van der Waals surface area contributed by atoms with Crippen molar-refractivity contribution in [1.29, 1.82) is 0 Å². The Balaban J connectivity index is 1.46. The molecule has 2 amide bonds. The molecular formula is C20H23N3O4. The highest BCUT2D eigenvalue weighted by atomic mass is 16.5. The molecule has 1 aliphatic heterocycles. The van der Waals surface area contributed by atoms with E-state index in [1.54, 1.807) is 24.4 Å².